The Balaban J connectivity index is 1.92. The molecule has 0 atom stereocenters. The average molecular weight is 254 g/mol. The van der Waals surface area contributed by atoms with Crippen LogP contribution in [-0.2, 0) is 4.79 Å². The summed E-state index contributed by atoms with van der Waals surface area (Å²) in [6, 6.07) is 15.5. The monoisotopic (exact) mass is 254 g/mol. The largest absolute Gasteiger partial charge is 0.376 e. The molecule has 0 bridgehead atoms. The van der Waals surface area contributed by atoms with Gasteiger partial charge in [0.15, 0.2) is 0 Å². The molecule has 3 heteroatoms. The number of anilines is 2. The van der Waals surface area contributed by atoms with Crippen LogP contribution in [0, 0.1) is 13.8 Å². The first-order valence-electron chi connectivity index (χ1n) is 6.32. The van der Waals surface area contributed by atoms with E-state index in [9.17, 15) is 4.79 Å². The van der Waals surface area contributed by atoms with Gasteiger partial charge in [0.1, 0.15) is 0 Å². The van der Waals surface area contributed by atoms with E-state index in [2.05, 4.69) is 23.6 Å². The van der Waals surface area contributed by atoms with Crippen molar-refractivity contribution in [3.63, 3.8) is 0 Å². The maximum Gasteiger partial charge on any atom is 0.243 e. The lowest BCUT2D eigenvalue weighted by molar-refractivity contribution is -0.114. The molecule has 0 aromatic heterocycles. The number of benzene rings is 2. The second kappa shape index (κ2) is 6.05. The summed E-state index contributed by atoms with van der Waals surface area (Å²) in [7, 11) is 0. The van der Waals surface area contributed by atoms with Gasteiger partial charge in [-0.3, -0.25) is 4.79 Å². The van der Waals surface area contributed by atoms with Gasteiger partial charge in [0.05, 0.1) is 6.54 Å². The predicted molar refractivity (Wildman–Crippen MR) is 79.5 cm³/mol. The van der Waals surface area contributed by atoms with Crippen molar-refractivity contribution in [2.45, 2.75) is 13.8 Å². The minimum Gasteiger partial charge on any atom is -0.376 e. The molecule has 0 radical (unpaired) electrons. The lowest BCUT2D eigenvalue weighted by atomic mass is 10.1. The normalized spacial score (nSPS) is 10.0. The molecule has 2 aromatic carbocycles. The topological polar surface area (TPSA) is 41.1 Å². The van der Waals surface area contributed by atoms with E-state index >= 15 is 0 Å². The van der Waals surface area contributed by atoms with Crippen molar-refractivity contribution in [1.82, 2.24) is 0 Å². The highest BCUT2D eigenvalue weighted by molar-refractivity contribution is 5.93. The highest BCUT2D eigenvalue weighted by atomic mass is 16.1. The summed E-state index contributed by atoms with van der Waals surface area (Å²) in [6.07, 6.45) is 0. The Bertz CT molecular complexity index is 564. The third-order valence-electron chi connectivity index (χ3n) is 3.10. The summed E-state index contributed by atoms with van der Waals surface area (Å²) in [6.45, 7) is 4.37. The maximum absolute atomic E-state index is 11.8. The fraction of sp³-hybridized carbons (Fsp3) is 0.188. The van der Waals surface area contributed by atoms with Crippen molar-refractivity contribution in [2.75, 3.05) is 17.2 Å². The fourth-order valence-corrected chi connectivity index (χ4v) is 1.84. The van der Waals surface area contributed by atoms with Crippen LogP contribution in [0.5, 0.6) is 0 Å². The first-order chi connectivity index (χ1) is 9.16. The van der Waals surface area contributed by atoms with Crippen molar-refractivity contribution < 1.29 is 4.79 Å². The van der Waals surface area contributed by atoms with E-state index < -0.39 is 0 Å². The summed E-state index contributed by atoms with van der Waals surface area (Å²) in [5.74, 6) is -0.0490. The van der Waals surface area contributed by atoms with Gasteiger partial charge in [-0.1, -0.05) is 30.3 Å². The Morgan fingerprint density at radius 1 is 1.00 bits per heavy atom. The van der Waals surface area contributed by atoms with Gasteiger partial charge in [-0.2, -0.15) is 0 Å². The molecule has 0 saturated heterocycles. The molecule has 0 spiro atoms. The van der Waals surface area contributed by atoms with Gasteiger partial charge >= 0.3 is 0 Å². The third-order valence-corrected chi connectivity index (χ3v) is 3.10. The van der Waals surface area contributed by atoms with Crippen LogP contribution in [0.2, 0.25) is 0 Å². The van der Waals surface area contributed by atoms with E-state index in [1.165, 1.54) is 11.1 Å². The van der Waals surface area contributed by atoms with Gasteiger partial charge in [0, 0.05) is 11.4 Å². The van der Waals surface area contributed by atoms with E-state index in [-0.39, 0.29) is 12.5 Å². The van der Waals surface area contributed by atoms with Gasteiger partial charge < -0.3 is 10.6 Å². The zero-order valence-electron chi connectivity index (χ0n) is 11.2. The van der Waals surface area contributed by atoms with Crippen LogP contribution >= 0.6 is 0 Å². The van der Waals surface area contributed by atoms with E-state index in [1.807, 2.05) is 49.4 Å². The van der Waals surface area contributed by atoms with E-state index in [1.54, 1.807) is 0 Å². The number of para-hydroxylation sites is 1. The summed E-state index contributed by atoms with van der Waals surface area (Å²) < 4.78 is 0. The molecule has 1 amide bonds. The van der Waals surface area contributed by atoms with Gasteiger partial charge in [-0.25, -0.2) is 0 Å². The molecule has 0 heterocycles. The molecule has 0 aliphatic carbocycles. The molecular weight excluding hydrogens is 236 g/mol. The SMILES string of the molecule is Cc1cccc(NCC(=O)Nc2ccccc2)c1C. The number of rotatable bonds is 4. The number of carbonyl (C=O) groups excluding carboxylic acids is 1. The maximum atomic E-state index is 11.8. The minimum atomic E-state index is -0.0490. The molecule has 0 aliphatic rings. The average Bonchev–Trinajstić information content (AvgIpc) is 2.42. The van der Waals surface area contributed by atoms with Crippen LogP contribution in [0.25, 0.3) is 0 Å². The fourth-order valence-electron chi connectivity index (χ4n) is 1.84. The van der Waals surface area contributed by atoms with E-state index in [0.717, 1.165) is 11.4 Å². The lowest BCUT2D eigenvalue weighted by Gasteiger charge is -2.11. The van der Waals surface area contributed by atoms with Crippen molar-refractivity contribution >= 4 is 17.3 Å². The van der Waals surface area contributed by atoms with Crippen LogP contribution in [0.15, 0.2) is 48.5 Å². The quantitative estimate of drug-likeness (QED) is 0.878. The number of hydrogen-bond acceptors (Lipinski definition) is 2. The summed E-state index contributed by atoms with van der Waals surface area (Å²) in [5, 5.41) is 6.01. The molecule has 19 heavy (non-hydrogen) atoms. The number of nitrogens with one attached hydrogen (secondary N) is 2. The molecule has 0 fully saturated rings. The van der Waals surface area contributed by atoms with Gasteiger partial charge in [-0.15, -0.1) is 0 Å². The van der Waals surface area contributed by atoms with Crippen LogP contribution in [0.1, 0.15) is 11.1 Å². The van der Waals surface area contributed by atoms with Crippen molar-refractivity contribution in [3.8, 4) is 0 Å². The standard InChI is InChI=1S/C16H18N2O/c1-12-7-6-10-15(13(12)2)17-11-16(19)18-14-8-4-3-5-9-14/h3-10,17H,11H2,1-2H3,(H,18,19). The Morgan fingerprint density at radius 3 is 2.47 bits per heavy atom. The van der Waals surface area contributed by atoms with E-state index in [0.29, 0.717) is 0 Å². The highest BCUT2D eigenvalue weighted by Gasteiger charge is 2.04. The van der Waals surface area contributed by atoms with Crippen LogP contribution in [-0.4, -0.2) is 12.5 Å². The summed E-state index contributed by atoms with van der Waals surface area (Å²) in [5.41, 5.74) is 4.21. The molecule has 2 rings (SSSR count). The molecule has 2 N–H and O–H groups in total. The number of amides is 1. The van der Waals surface area contributed by atoms with Gasteiger partial charge in [0.2, 0.25) is 5.91 Å². The Kier molecular flexibility index (Phi) is 4.18. The molecular formula is C16H18N2O. The zero-order chi connectivity index (χ0) is 13.7. The molecule has 2 aromatic rings. The molecule has 3 nitrogen and oxygen atoms in total. The van der Waals surface area contributed by atoms with Gasteiger partial charge in [0.25, 0.3) is 0 Å². The Morgan fingerprint density at radius 2 is 1.74 bits per heavy atom. The first kappa shape index (κ1) is 13.1. The Labute approximate surface area is 113 Å². The lowest BCUT2D eigenvalue weighted by Crippen LogP contribution is -2.22. The smallest absolute Gasteiger partial charge is 0.243 e. The third kappa shape index (κ3) is 3.58. The summed E-state index contributed by atoms with van der Waals surface area (Å²) in [4.78, 5) is 11.8. The molecule has 0 aliphatic heterocycles. The Hall–Kier alpha value is -2.29. The van der Waals surface area contributed by atoms with Crippen LogP contribution in [0.3, 0.4) is 0 Å². The second-order valence-electron chi connectivity index (χ2n) is 4.52. The number of aryl methyl sites for hydroxylation is 1. The summed E-state index contributed by atoms with van der Waals surface area (Å²) >= 11 is 0. The van der Waals surface area contributed by atoms with Gasteiger partial charge in [-0.05, 0) is 43.2 Å². The molecule has 0 unspecified atom stereocenters. The van der Waals surface area contributed by atoms with E-state index in [4.69, 9.17) is 0 Å². The molecule has 0 saturated carbocycles. The number of hydrogen-bond donors (Lipinski definition) is 2. The van der Waals surface area contributed by atoms with Crippen molar-refractivity contribution in [1.29, 1.82) is 0 Å². The van der Waals surface area contributed by atoms with Crippen molar-refractivity contribution in [3.05, 3.63) is 59.7 Å². The van der Waals surface area contributed by atoms with Crippen molar-refractivity contribution in [2.24, 2.45) is 0 Å². The van der Waals surface area contributed by atoms with Crippen LogP contribution < -0.4 is 10.6 Å². The van der Waals surface area contributed by atoms with Crippen LogP contribution in [0.4, 0.5) is 11.4 Å². The minimum absolute atomic E-state index is 0.0490. The highest BCUT2D eigenvalue weighted by Crippen LogP contribution is 2.17. The predicted octanol–water partition coefficient (Wildman–Crippen LogP) is 3.35. The second-order valence-corrected chi connectivity index (χ2v) is 4.52. The first-order valence-corrected chi connectivity index (χ1v) is 6.32. The molecule has 98 valence electrons. The zero-order valence-corrected chi connectivity index (χ0v) is 11.2. The number of carbonyl (C=O) groups is 1.